The predicted molar refractivity (Wildman–Crippen MR) is 177 cm³/mol. The van der Waals surface area contributed by atoms with Crippen molar-refractivity contribution in [1.82, 2.24) is 15.0 Å². The van der Waals surface area contributed by atoms with Crippen LogP contribution in [-0.4, -0.2) is 96.4 Å². The van der Waals surface area contributed by atoms with Crippen LogP contribution in [-0.2, 0) is 24.2 Å². The van der Waals surface area contributed by atoms with E-state index >= 15 is 0 Å². The number of ether oxygens (including phenoxy) is 4. The topological polar surface area (TPSA) is 211 Å². The summed E-state index contributed by atoms with van der Waals surface area (Å²) in [6, 6.07) is 15.7. The highest BCUT2D eigenvalue weighted by atomic mass is 32.2. The van der Waals surface area contributed by atoms with E-state index in [1.165, 1.54) is 36.4 Å². The van der Waals surface area contributed by atoms with Crippen molar-refractivity contribution in [2.45, 2.75) is 4.90 Å². The molecule has 0 aliphatic heterocycles. The number of nitro groups is 1. The van der Waals surface area contributed by atoms with Crippen LogP contribution in [0.4, 0.5) is 17.1 Å². The third-order valence-corrected chi connectivity index (χ3v) is 8.36. The molecule has 0 atom stereocenters. The van der Waals surface area contributed by atoms with Gasteiger partial charge in [0.2, 0.25) is 5.52 Å². The molecule has 1 amide bonds. The van der Waals surface area contributed by atoms with E-state index in [1.807, 2.05) is 25.1 Å². The van der Waals surface area contributed by atoms with Crippen LogP contribution in [0, 0.1) is 10.1 Å². The number of hydrogen-bond donors (Lipinski definition) is 2. The quantitative estimate of drug-likeness (QED) is 0.0717. The summed E-state index contributed by atoms with van der Waals surface area (Å²) in [6.07, 6.45) is 0. The van der Waals surface area contributed by atoms with Crippen molar-refractivity contribution >= 4 is 55.0 Å². The Morgan fingerprint density at radius 2 is 1.59 bits per heavy atom. The summed E-state index contributed by atoms with van der Waals surface area (Å²) in [5.41, 5.74) is 2.00. The van der Waals surface area contributed by atoms with Crippen molar-refractivity contribution in [3.63, 3.8) is 0 Å². The first-order valence-electron chi connectivity index (χ1n) is 15.0. The molecule has 0 fully saturated rings. The number of nitro benzene ring substituents is 1. The maximum atomic E-state index is 13.1. The van der Waals surface area contributed by atoms with E-state index < -0.39 is 20.9 Å². The number of amides is 1. The number of aromatic nitrogens is 2. The summed E-state index contributed by atoms with van der Waals surface area (Å²) in [6.45, 7) is 2.22. The standard InChI is InChI=1S/C31H34N6O11S/c1-36(2)22-8-7-21-19-27(47-26(21)20-22)31(38)35-49(41,42)28-6-4-3-5-25(28)46-18-17-45-16-15-44-14-13-43-12-11-32-23-9-10-24(37(39)40)30-29(23)33-48-34-30/h3-10,19-20,32H,11-18H2,1-2H3,(H,35,38). The molecule has 5 rings (SSSR count). The van der Waals surface area contributed by atoms with Gasteiger partial charge in [-0.05, 0) is 46.7 Å². The molecule has 0 aliphatic carbocycles. The summed E-state index contributed by atoms with van der Waals surface area (Å²) in [5.74, 6) is -0.986. The number of non-ortho nitro benzene ring substituents is 1. The maximum Gasteiger partial charge on any atom is 0.300 e. The molecule has 3 aromatic carbocycles. The molecule has 49 heavy (non-hydrogen) atoms. The molecule has 0 aliphatic rings. The molecule has 0 bridgehead atoms. The zero-order chi connectivity index (χ0) is 34.8. The minimum absolute atomic E-state index is 0.0554. The van der Waals surface area contributed by atoms with Crippen LogP contribution in [0.3, 0.4) is 0 Å². The van der Waals surface area contributed by atoms with E-state index in [1.54, 1.807) is 18.2 Å². The molecule has 0 unspecified atom stereocenters. The molecule has 2 aromatic heterocycles. The fourth-order valence-corrected chi connectivity index (χ4v) is 5.69. The van der Waals surface area contributed by atoms with Gasteiger partial charge in [0.25, 0.3) is 10.0 Å². The minimum atomic E-state index is -4.29. The van der Waals surface area contributed by atoms with Gasteiger partial charge >= 0.3 is 11.6 Å². The van der Waals surface area contributed by atoms with Crippen LogP contribution < -0.4 is 19.7 Å². The SMILES string of the molecule is CN(C)c1ccc2cc(C(=O)NS(=O)(=O)c3ccccc3OCCOCCOCCOCCNc3ccc([N+](=O)[O-])c4nonc34)oc2c1. The van der Waals surface area contributed by atoms with Gasteiger partial charge in [-0.25, -0.2) is 17.8 Å². The Kier molecular flexibility index (Phi) is 11.6. The third kappa shape index (κ3) is 8.99. The fraction of sp³-hybridized carbons (Fsp3) is 0.323. The summed E-state index contributed by atoms with van der Waals surface area (Å²) >= 11 is 0. The van der Waals surface area contributed by atoms with Crippen molar-refractivity contribution < 1.29 is 46.1 Å². The number of sulfonamides is 1. The third-order valence-electron chi connectivity index (χ3n) is 6.99. The van der Waals surface area contributed by atoms with E-state index in [-0.39, 0.29) is 52.9 Å². The Morgan fingerprint density at radius 1 is 0.898 bits per heavy atom. The van der Waals surface area contributed by atoms with Gasteiger partial charge in [0, 0.05) is 43.8 Å². The first-order valence-corrected chi connectivity index (χ1v) is 16.5. The average Bonchev–Trinajstić information content (AvgIpc) is 3.74. The molecule has 5 aromatic rings. The van der Waals surface area contributed by atoms with E-state index in [0.29, 0.717) is 49.6 Å². The molecular weight excluding hydrogens is 664 g/mol. The van der Waals surface area contributed by atoms with Gasteiger partial charge in [0.15, 0.2) is 11.3 Å². The highest BCUT2D eigenvalue weighted by Gasteiger charge is 2.25. The van der Waals surface area contributed by atoms with Crippen molar-refractivity contribution in [3.05, 3.63) is 76.5 Å². The van der Waals surface area contributed by atoms with Crippen molar-refractivity contribution in [3.8, 4) is 5.75 Å². The van der Waals surface area contributed by atoms with Gasteiger partial charge in [-0.2, -0.15) is 0 Å². The molecule has 0 saturated heterocycles. The van der Waals surface area contributed by atoms with E-state index in [2.05, 4.69) is 25.0 Å². The second-order valence-corrected chi connectivity index (χ2v) is 12.2. The molecule has 17 nitrogen and oxygen atoms in total. The van der Waals surface area contributed by atoms with Gasteiger partial charge in [0.05, 0.1) is 50.3 Å². The van der Waals surface area contributed by atoms with E-state index in [4.69, 9.17) is 23.4 Å². The number of anilines is 2. The van der Waals surface area contributed by atoms with Crippen molar-refractivity contribution in [2.75, 3.05) is 77.1 Å². The molecule has 2 N–H and O–H groups in total. The number of furan rings is 1. The number of carbonyl (C=O) groups excluding carboxylic acids is 1. The number of rotatable bonds is 19. The van der Waals surface area contributed by atoms with Gasteiger partial charge in [-0.15, -0.1) is 0 Å². The number of para-hydroxylation sites is 1. The summed E-state index contributed by atoms with van der Waals surface area (Å²) < 4.78 is 60.7. The van der Waals surface area contributed by atoms with E-state index in [0.717, 1.165) is 5.69 Å². The fourth-order valence-electron chi connectivity index (χ4n) is 4.58. The largest absolute Gasteiger partial charge is 0.490 e. The highest BCUT2D eigenvalue weighted by molar-refractivity contribution is 7.90. The number of benzene rings is 3. The molecule has 18 heteroatoms. The monoisotopic (exact) mass is 698 g/mol. The number of hydrogen-bond acceptors (Lipinski definition) is 15. The predicted octanol–water partition coefficient (Wildman–Crippen LogP) is 3.60. The second-order valence-electron chi connectivity index (χ2n) is 10.6. The smallest absolute Gasteiger partial charge is 0.300 e. The number of carbonyl (C=O) groups is 1. The Morgan fingerprint density at radius 3 is 2.33 bits per heavy atom. The second kappa shape index (κ2) is 16.2. The number of fused-ring (bicyclic) bond motifs is 2. The van der Waals surface area contributed by atoms with Crippen LogP contribution in [0.15, 0.2) is 74.6 Å². The first kappa shape index (κ1) is 35.0. The van der Waals surface area contributed by atoms with Crippen molar-refractivity contribution in [2.24, 2.45) is 0 Å². The molecule has 0 radical (unpaired) electrons. The van der Waals surface area contributed by atoms with E-state index in [9.17, 15) is 23.3 Å². The summed E-state index contributed by atoms with van der Waals surface area (Å²) in [4.78, 5) is 25.0. The minimum Gasteiger partial charge on any atom is -0.490 e. The zero-order valence-corrected chi connectivity index (χ0v) is 27.4. The molecule has 2 heterocycles. The normalized spacial score (nSPS) is 11.6. The van der Waals surface area contributed by atoms with Gasteiger partial charge in [-0.1, -0.05) is 12.1 Å². The lowest BCUT2D eigenvalue weighted by Crippen LogP contribution is -2.30. The number of nitrogens with zero attached hydrogens (tertiary/aromatic N) is 4. The lowest BCUT2D eigenvalue weighted by atomic mass is 10.2. The van der Waals surface area contributed by atoms with Crippen LogP contribution >= 0.6 is 0 Å². The Bertz CT molecular complexity index is 2010. The lowest BCUT2D eigenvalue weighted by molar-refractivity contribution is -0.383. The Balaban J connectivity index is 0.962. The highest BCUT2D eigenvalue weighted by Crippen LogP contribution is 2.29. The Hall–Kier alpha value is -5.30. The van der Waals surface area contributed by atoms with Crippen LogP contribution in [0.25, 0.3) is 22.0 Å². The molecule has 0 saturated carbocycles. The van der Waals surface area contributed by atoms with Gasteiger partial charge in [0.1, 0.15) is 22.8 Å². The van der Waals surface area contributed by atoms with Crippen LogP contribution in [0.5, 0.6) is 5.75 Å². The van der Waals surface area contributed by atoms with Crippen LogP contribution in [0.1, 0.15) is 10.6 Å². The van der Waals surface area contributed by atoms with Gasteiger partial charge in [-0.3, -0.25) is 14.9 Å². The first-order chi connectivity index (χ1) is 23.6. The Labute approximate surface area is 280 Å². The molecular formula is C31H34N6O11S. The summed E-state index contributed by atoms with van der Waals surface area (Å²) in [5, 5.41) is 22.1. The number of nitrogens with one attached hydrogen (secondary N) is 2. The van der Waals surface area contributed by atoms with Crippen molar-refractivity contribution in [1.29, 1.82) is 0 Å². The maximum absolute atomic E-state index is 13.1. The zero-order valence-electron chi connectivity index (χ0n) is 26.6. The average molecular weight is 699 g/mol. The molecule has 0 spiro atoms. The van der Waals surface area contributed by atoms with Gasteiger partial charge < -0.3 is 33.6 Å². The molecule has 260 valence electrons. The lowest BCUT2D eigenvalue weighted by Gasteiger charge is -2.12. The van der Waals surface area contributed by atoms with Crippen LogP contribution in [0.2, 0.25) is 0 Å². The summed E-state index contributed by atoms with van der Waals surface area (Å²) in [7, 11) is -0.546.